The maximum absolute atomic E-state index is 13.5. The van der Waals surface area contributed by atoms with Crippen molar-refractivity contribution < 1.29 is 28.8 Å². The van der Waals surface area contributed by atoms with E-state index >= 15 is 0 Å². The molecule has 0 aliphatic heterocycles. The zero-order chi connectivity index (χ0) is 33.2. The van der Waals surface area contributed by atoms with Gasteiger partial charge in [0.1, 0.15) is 5.70 Å². The number of carbonyl (C=O) groups excluding carboxylic acids is 3. The number of thioether (sulfide) groups is 1. The largest absolute Gasteiger partial charge is 0.493 e. The van der Waals surface area contributed by atoms with Crippen LogP contribution in [0.3, 0.4) is 0 Å². The standard InChI is InChI=1S/C34H32N4O7S/c1-21-17-26(38(42)43)14-15-28(21)36-32(39)22(2)46-27-12-8-11-25(20-27)35-34(41)29(37-33(40)24-9-6-5-7-10-24)18-23-13-16-30(44-3)31(19-23)45-4/h5-20,22H,1-4H3,(H,35,41)(H,36,39)(H,37,40)/b29-18+. The first kappa shape index (κ1) is 33.3. The average Bonchev–Trinajstić information content (AvgIpc) is 3.05. The van der Waals surface area contributed by atoms with Crippen LogP contribution < -0.4 is 25.4 Å². The monoisotopic (exact) mass is 640 g/mol. The zero-order valence-corrected chi connectivity index (χ0v) is 26.3. The van der Waals surface area contributed by atoms with Gasteiger partial charge >= 0.3 is 0 Å². The number of hydrogen-bond acceptors (Lipinski definition) is 8. The van der Waals surface area contributed by atoms with Gasteiger partial charge < -0.3 is 25.4 Å². The summed E-state index contributed by atoms with van der Waals surface area (Å²) in [5.41, 5.74) is 2.40. The molecule has 11 nitrogen and oxygen atoms in total. The number of methoxy groups -OCH3 is 2. The molecule has 3 N–H and O–H groups in total. The molecule has 0 bridgehead atoms. The molecule has 3 amide bonds. The number of nitro benzene ring substituents is 1. The number of nitro groups is 1. The summed E-state index contributed by atoms with van der Waals surface area (Å²) in [6.07, 6.45) is 1.53. The van der Waals surface area contributed by atoms with E-state index in [0.717, 1.165) is 0 Å². The van der Waals surface area contributed by atoms with Crippen LogP contribution in [0, 0.1) is 17.0 Å². The first-order valence-corrected chi connectivity index (χ1v) is 14.9. The number of aryl methyl sites for hydroxylation is 1. The highest BCUT2D eigenvalue weighted by molar-refractivity contribution is 8.00. The predicted molar refractivity (Wildman–Crippen MR) is 178 cm³/mol. The molecule has 0 heterocycles. The Morgan fingerprint density at radius 3 is 2.28 bits per heavy atom. The minimum Gasteiger partial charge on any atom is -0.493 e. The summed E-state index contributed by atoms with van der Waals surface area (Å²) in [5, 5.41) is 18.8. The van der Waals surface area contributed by atoms with Crippen molar-refractivity contribution >= 4 is 52.6 Å². The molecule has 0 aromatic heterocycles. The predicted octanol–water partition coefficient (Wildman–Crippen LogP) is 6.45. The molecule has 0 saturated heterocycles. The number of ether oxygens (including phenoxy) is 2. The molecule has 0 saturated carbocycles. The minimum atomic E-state index is -0.569. The molecule has 0 aliphatic rings. The Hall–Kier alpha value is -5.62. The van der Waals surface area contributed by atoms with Crippen LogP contribution in [0.2, 0.25) is 0 Å². The minimum absolute atomic E-state index is 0.00894. The number of nitrogens with one attached hydrogen (secondary N) is 3. The summed E-state index contributed by atoms with van der Waals surface area (Å²) >= 11 is 1.27. The number of carbonyl (C=O) groups is 3. The zero-order valence-electron chi connectivity index (χ0n) is 25.5. The third-order valence-electron chi connectivity index (χ3n) is 6.70. The number of amides is 3. The van der Waals surface area contributed by atoms with Crippen molar-refractivity contribution in [2.45, 2.75) is 24.0 Å². The lowest BCUT2D eigenvalue weighted by Gasteiger charge is -2.15. The van der Waals surface area contributed by atoms with Crippen molar-refractivity contribution in [2.24, 2.45) is 0 Å². The second-order valence-electron chi connectivity index (χ2n) is 9.98. The Bertz CT molecular complexity index is 1790. The van der Waals surface area contributed by atoms with Crippen LogP contribution in [0.25, 0.3) is 6.08 Å². The van der Waals surface area contributed by atoms with Gasteiger partial charge in [0.25, 0.3) is 17.5 Å². The van der Waals surface area contributed by atoms with Crippen LogP contribution in [0.15, 0.2) is 102 Å². The van der Waals surface area contributed by atoms with Gasteiger partial charge in [-0.25, -0.2) is 0 Å². The SMILES string of the molecule is COc1ccc(/C=C(/NC(=O)c2ccccc2)C(=O)Nc2cccc(SC(C)C(=O)Nc3ccc([N+](=O)[O-])cc3C)c2)cc1OC. The third kappa shape index (κ3) is 8.73. The second-order valence-corrected chi connectivity index (χ2v) is 11.4. The topological polar surface area (TPSA) is 149 Å². The summed E-state index contributed by atoms with van der Waals surface area (Å²) < 4.78 is 10.7. The molecule has 0 radical (unpaired) electrons. The molecular formula is C34H32N4O7S. The van der Waals surface area contributed by atoms with Crippen molar-refractivity contribution in [3.8, 4) is 11.5 Å². The Labute approximate surface area is 270 Å². The van der Waals surface area contributed by atoms with Crippen LogP contribution in [0.1, 0.15) is 28.4 Å². The van der Waals surface area contributed by atoms with E-state index in [2.05, 4.69) is 16.0 Å². The normalized spacial score (nSPS) is 11.6. The first-order valence-electron chi connectivity index (χ1n) is 14.0. The lowest BCUT2D eigenvalue weighted by molar-refractivity contribution is -0.384. The van der Waals surface area contributed by atoms with Gasteiger partial charge in [-0.1, -0.05) is 30.3 Å². The second kappa shape index (κ2) is 15.4. The van der Waals surface area contributed by atoms with Crippen molar-refractivity contribution in [1.29, 1.82) is 0 Å². The van der Waals surface area contributed by atoms with Crippen molar-refractivity contribution in [3.63, 3.8) is 0 Å². The highest BCUT2D eigenvalue weighted by Gasteiger charge is 2.19. The summed E-state index contributed by atoms with van der Waals surface area (Å²) in [5.74, 6) is -0.355. The molecule has 1 unspecified atom stereocenters. The number of benzene rings is 4. The first-order chi connectivity index (χ1) is 22.1. The van der Waals surface area contributed by atoms with E-state index in [-0.39, 0.29) is 17.3 Å². The van der Waals surface area contributed by atoms with Crippen LogP contribution in [0.4, 0.5) is 17.1 Å². The Morgan fingerprint density at radius 1 is 0.870 bits per heavy atom. The van der Waals surface area contributed by atoms with Crippen molar-refractivity contribution in [1.82, 2.24) is 5.32 Å². The lowest BCUT2D eigenvalue weighted by atomic mass is 10.1. The number of rotatable bonds is 12. The maximum atomic E-state index is 13.5. The molecule has 236 valence electrons. The third-order valence-corrected chi connectivity index (χ3v) is 7.79. The van der Waals surface area contributed by atoms with Gasteiger partial charge in [0.05, 0.1) is 24.4 Å². The van der Waals surface area contributed by atoms with Crippen molar-refractivity contribution in [3.05, 3.63) is 123 Å². The van der Waals surface area contributed by atoms with Crippen LogP contribution in [-0.4, -0.2) is 42.1 Å². The molecule has 4 aromatic rings. The fourth-order valence-corrected chi connectivity index (χ4v) is 5.22. The number of non-ortho nitro benzene ring substituents is 1. The number of hydrogen-bond donors (Lipinski definition) is 3. The molecule has 46 heavy (non-hydrogen) atoms. The van der Waals surface area contributed by atoms with Gasteiger partial charge in [-0.3, -0.25) is 24.5 Å². The van der Waals surface area contributed by atoms with E-state index in [1.165, 1.54) is 50.3 Å². The lowest BCUT2D eigenvalue weighted by Crippen LogP contribution is -2.30. The van der Waals surface area contributed by atoms with Gasteiger partial charge in [0, 0.05) is 34.0 Å². The molecular weight excluding hydrogens is 608 g/mol. The van der Waals surface area contributed by atoms with Crippen LogP contribution in [0.5, 0.6) is 11.5 Å². The summed E-state index contributed by atoms with van der Waals surface area (Å²) in [6.45, 7) is 3.41. The van der Waals surface area contributed by atoms with E-state index < -0.39 is 22.0 Å². The highest BCUT2D eigenvalue weighted by atomic mass is 32.2. The maximum Gasteiger partial charge on any atom is 0.272 e. The molecule has 0 aliphatic carbocycles. The summed E-state index contributed by atoms with van der Waals surface area (Å²) in [4.78, 5) is 50.7. The molecule has 4 rings (SSSR count). The van der Waals surface area contributed by atoms with Gasteiger partial charge in [0.2, 0.25) is 5.91 Å². The quantitative estimate of drug-likeness (QED) is 0.0693. The number of anilines is 2. The Morgan fingerprint density at radius 2 is 1.61 bits per heavy atom. The molecule has 0 spiro atoms. The van der Waals surface area contributed by atoms with E-state index in [1.54, 1.807) is 86.6 Å². The molecule has 4 aromatic carbocycles. The highest BCUT2D eigenvalue weighted by Crippen LogP contribution is 2.30. The Balaban J connectivity index is 1.51. The van der Waals surface area contributed by atoms with E-state index in [9.17, 15) is 24.5 Å². The van der Waals surface area contributed by atoms with Gasteiger partial charge in [0.15, 0.2) is 11.5 Å². The van der Waals surface area contributed by atoms with E-state index in [4.69, 9.17) is 9.47 Å². The van der Waals surface area contributed by atoms with Gasteiger partial charge in [-0.05, 0) is 79.6 Å². The fourth-order valence-electron chi connectivity index (χ4n) is 4.29. The van der Waals surface area contributed by atoms with Crippen LogP contribution >= 0.6 is 11.8 Å². The average molecular weight is 641 g/mol. The van der Waals surface area contributed by atoms with Gasteiger partial charge in [-0.2, -0.15) is 0 Å². The van der Waals surface area contributed by atoms with Gasteiger partial charge in [-0.15, -0.1) is 11.8 Å². The van der Waals surface area contributed by atoms with Crippen LogP contribution in [-0.2, 0) is 9.59 Å². The fraction of sp³-hybridized carbons (Fsp3) is 0.147. The summed E-state index contributed by atoms with van der Waals surface area (Å²) in [7, 11) is 3.02. The molecule has 0 fully saturated rings. The smallest absolute Gasteiger partial charge is 0.272 e. The van der Waals surface area contributed by atoms with E-state index in [1.807, 2.05) is 0 Å². The van der Waals surface area contributed by atoms with E-state index in [0.29, 0.717) is 44.5 Å². The Kier molecular flexibility index (Phi) is 11.1. The molecule has 1 atom stereocenters. The number of nitrogens with zero attached hydrogens (tertiary/aromatic N) is 1. The summed E-state index contributed by atoms with van der Waals surface area (Å²) in [6, 6.07) is 24.8. The van der Waals surface area contributed by atoms with Crippen molar-refractivity contribution in [2.75, 3.05) is 24.9 Å². The molecule has 12 heteroatoms.